The maximum absolute atomic E-state index is 13.3. The second kappa shape index (κ2) is 11.6. The molecule has 0 bridgehead atoms. The number of anilines is 2. The molecule has 1 aromatic rings. The van der Waals surface area contributed by atoms with Crippen molar-refractivity contribution >= 4 is 41.2 Å². The Balaban J connectivity index is 1.33. The number of nitrogens with zero attached hydrogens (tertiary/aromatic N) is 6. The lowest BCUT2D eigenvalue weighted by molar-refractivity contribution is -0.168. The zero-order valence-corrected chi connectivity index (χ0v) is 22.0. The van der Waals surface area contributed by atoms with Crippen molar-refractivity contribution in [1.29, 1.82) is 0 Å². The van der Waals surface area contributed by atoms with Crippen molar-refractivity contribution < 1.29 is 45.5 Å². The van der Waals surface area contributed by atoms with Crippen LogP contribution in [-0.4, -0.2) is 97.7 Å². The van der Waals surface area contributed by atoms with Gasteiger partial charge in [0.25, 0.3) is 11.8 Å². The average molecular weight is 592 g/mol. The Kier molecular flexibility index (Phi) is 8.56. The lowest BCUT2D eigenvalue weighted by atomic mass is 10.0. The van der Waals surface area contributed by atoms with E-state index in [1.807, 2.05) is 0 Å². The standard InChI is InChI=1S/C24H27F6N7O4/c1-3-14(33-15-10-32-34-21(39)19(15)24(28,29)30)12-41-7-4-18(38)36-5-6-37-17(11-36)22(40)35(2)16-8-13(23(25,26)27)9-31-20(16)37/h8-10,14,17,19H,3-7,11-12H2,1-2H3,(H,34,39)/t14-,17+,19?/m0/s1. The van der Waals surface area contributed by atoms with E-state index in [4.69, 9.17) is 4.74 Å². The monoisotopic (exact) mass is 591 g/mol. The number of alkyl halides is 6. The van der Waals surface area contributed by atoms with Gasteiger partial charge in [-0.2, -0.15) is 31.4 Å². The first-order chi connectivity index (χ1) is 19.2. The van der Waals surface area contributed by atoms with Crippen molar-refractivity contribution in [1.82, 2.24) is 15.3 Å². The van der Waals surface area contributed by atoms with Gasteiger partial charge in [0.2, 0.25) is 5.91 Å². The number of pyridine rings is 1. The van der Waals surface area contributed by atoms with Crippen LogP contribution in [0.25, 0.3) is 0 Å². The number of hydrazone groups is 1. The lowest BCUT2D eigenvalue weighted by Gasteiger charge is -2.46. The van der Waals surface area contributed by atoms with Crippen molar-refractivity contribution in [2.75, 3.05) is 49.7 Å². The quantitative estimate of drug-likeness (QED) is 0.383. The van der Waals surface area contributed by atoms with Crippen LogP contribution in [0.2, 0.25) is 0 Å². The molecule has 0 aliphatic carbocycles. The Morgan fingerprint density at radius 3 is 2.61 bits per heavy atom. The summed E-state index contributed by atoms with van der Waals surface area (Å²) in [6.45, 7) is 1.87. The number of piperazine rings is 1. The number of rotatable bonds is 7. The van der Waals surface area contributed by atoms with Gasteiger partial charge in [-0.15, -0.1) is 0 Å². The Morgan fingerprint density at radius 1 is 1.22 bits per heavy atom. The van der Waals surface area contributed by atoms with Crippen LogP contribution in [0, 0.1) is 5.92 Å². The van der Waals surface area contributed by atoms with E-state index in [1.54, 1.807) is 17.2 Å². The third-order valence-electron chi connectivity index (χ3n) is 6.99. The van der Waals surface area contributed by atoms with E-state index in [1.165, 1.54) is 11.9 Å². The van der Waals surface area contributed by atoms with Gasteiger partial charge in [0.1, 0.15) is 6.04 Å². The number of aromatic nitrogens is 1. The topological polar surface area (TPSA) is 120 Å². The number of nitrogens with one attached hydrogen (secondary N) is 1. The molecule has 0 saturated carbocycles. The van der Waals surface area contributed by atoms with Gasteiger partial charge >= 0.3 is 12.4 Å². The molecule has 3 amide bonds. The summed E-state index contributed by atoms with van der Waals surface area (Å²) in [7, 11) is 1.35. The van der Waals surface area contributed by atoms with E-state index in [0.29, 0.717) is 12.6 Å². The molecule has 4 heterocycles. The summed E-state index contributed by atoms with van der Waals surface area (Å²) in [5, 5.41) is 3.40. The third kappa shape index (κ3) is 6.44. The van der Waals surface area contributed by atoms with Crippen LogP contribution < -0.4 is 15.2 Å². The fourth-order valence-corrected chi connectivity index (χ4v) is 4.74. The smallest absolute Gasteiger partial charge is 0.379 e. The summed E-state index contributed by atoms with van der Waals surface area (Å²) in [6, 6.07) is -0.669. The molecule has 3 aliphatic heterocycles. The van der Waals surface area contributed by atoms with Crippen molar-refractivity contribution in [2.24, 2.45) is 16.0 Å². The Labute approximate surface area is 230 Å². The summed E-state index contributed by atoms with van der Waals surface area (Å²) < 4.78 is 84.8. The van der Waals surface area contributed by atoms with Crippen LogP contribution in [0.1, 0.15) is 25.3 Å². The van der Waals surface area contributed by atoms with E-state index in [9.17, 15) is 40.7 Å². The van der Waals surface area contributed by atoms with Crippen molar-refractivity contribution in [3.8, 4) is 0 Å². The molecule has 1 fully saturated rings. The Bertz CT molecular complexity index is 1250. The van der Waals surface area contributed by atoms with E-state index in [-0.39, 0.29) is 56.7 Å². The highest BCUT2D eigenvalue weighted by molar-refractivity contribution is 6.37. The molecule has 3 aliphatic rings. The lowest BCUT2D eigenvalue weighted by Crippen LogP contribution is -2.63. The fraction of sp³-hybridized carbons (Fsp3) is 0.583. The molecule has 0 aromatic carbocycles. The molecule has 0 spiro atoms. The first-order valence-corrected chi connectivity index (χ1v) is 12.7. The van der Waals surface area contributed by atoms with Gasteiger partial charge in [-0.3, -0.25) is 19.4 Å². The number of ether oxygens (including phenoxy) is 1. The normalized spacial score (nSPS) is 22.9. The van der Waals surface area contributed by atoms with E-state index in [2.05, 4.69) is 15.1 Å². The zero-order chi connectivity index (χ0) is 30.1. The number of carbonyl (C=O) groups excluding carboxylic acids is 3. The first kappa shape index (κ1) is 30.2. The summed E-state index contributed by atoms with van der Waals surface area (Å²) >= 11 is 0. The number of hydrogen-bond acceptors (Lipinski definition) is 8. The number of carbonyl (C=O) groups is 3. The second-order valence-corrected chi connectivity index (χ2v) is 9.66. The molecule has 11 nitrogen and oxygen atoms in total. The molecule has 1 saturated heterocycles. The van der Waals surface area contributed by atoms with Gasteiger partial charge in [-0.05, 0) is 12.5 Å². The van der Waals surface area contributed by atoms with Crippen molar-refractivity contribution in [3.63, 3.8) is 0 Å². The molecule has 1 N–H and O–H groups in total. The van der Waals surface area contributed by atoms with Crippen LogP contribution in [0.5, 0.6) is 0 Å². The Morgan fingerprint density at radius 2 is 1.95 bits per heavy atom. The molecule has 4 rings (SSSR count). The van der Waals surface area contributed by atoms with Crippen LogP contribution in [0.3, 0.4) is 0 Å². The number of aliphatic imine (C=N–C) groups is 1. The maximum atomic E-state index is 13.3. The van der Waals surface area contributed by atoms with Crippen molar-refractivity contribution in [3.05, 3.63) is 17.8 Å². The second-order valence-electron chi connectivity index (χ2n) is 9.66. The highest BCUT2D eigenvalue weighted by Gasteiger charge is 2.49. The molecule has 17 heteroatoms. The minimum absolute atomic E-state index is 0.00435. The maximum Gasteiger partial charge on any atom is 0.417 e. The highest BCUT2D eigenvalue weighted by Crippen LogP contribution is 2.39. The number of fused-ring (bicyclic) bond motifs is 3. The molecule has 41 heavy (non-hydrogen) atoms. The van der Waals surface area contributed by atoms with E-state index < -0.39 is 53.4 Å². The van der Waals surface area contributed by atoms with Crippen molar-refractivity contribution in [2.45, 2.75) is 44.2 Å². The van der Waals surface area contributed by atoms with Crippen LogP contribution >= 0.6 is 0 Å². The van der Waals surface area contributed by atoms with Gasteiger partial charge in [0.15, 0.2) is 11.7 Å². The summed E-state index contributed by atoms with van der Waals surface area (Å²) in [6.07, 6.45) is -7.69. The van der Waals surface area contributed by atoms with Gasteiger partial charge in [0.05, 0.1) is 55.4 Å². The Hall–Kier alpha value is -3.76. The minimum Gasteiger partial charge on any atom is -0.379 e. The summed E-state index contributed by atoms with van der Waals surface area (Å²) in [5.41, 5.74) is 0.305. The summed E-state index contributed by atoms with van der Waals surface area (Å²) in [5.74, 6) is -4.35. The van der Waals surface area contributed by atoms with Crippen LogP contribution in [0.15, 0.2) is 22.4 Å². The van der Waals surface area contributed by atoms with Crippen LogP contribution in [-0.2, 0) is 25.3 Å². The molecule has 1 unspecified atom stereocenters. The molecular formula is C24H27F6N7O4. The average Bonchev–Trinajstić information content (AvgIpc) is 2.91. The molecule has 0 radical (unpaired) electrons. The van der Waals surface area contributed by atoms with Gasteiger partial charge in [0, 0.05) is 26.3 Å². The zero-order valence-electron chi connectivity index (χ0n) is 22.0. The third-order valence-corrected chi connectivity index (χ3v) is 6.99. The number of hydrogen-bond donors (Lipinski definition) is 1. The predicted octanol–water partition coefficient (Wildman–Crippen LogP) is 2.01. The number of halogens is 6. The summed E-state index contributed by atoms with van der Waals surface area (Å²) in [4.78, 5) is 49.6. The largest absolute Gasteiger partial charge is 0.417 e. The first-order valence-electron chi connectivity index (χ1n) is 12.7. The van der Waals surface area contributed by atoms with Gasteiger partial charge in [-0.25, -0.2) is 10.4 Å². The molecule has 3 atom stereocenters. The predicted molar refractivity (Wildman–Crippen MR) is 133 cm³/mol. The molecule has 1 aromatic heterocycles. The molecular weight excluding hydrogens is 564 g/mol. The molecule has 224 valence electrons. The van der Waals surface area contributed by atoms with Gasteiger partial charge in [-0.1, -0.05) is 6.92 Å². The SMILES string of the molecule is CC[C@@H](COCCC(=O)N1CCN2c3ncc(C(F)(F)F)cc3N(C)C(=O)[C@H]2C1)N=C1C=NNC(=O)C1C(F)(F)F. The highest BCUT2D eigenvalue weighted by atomic mass is 19.4. The van der Waals surface area contributed by atoms with Gasteiger partial charge < -0.3 is 19.4 Å². The van der Waals surface area contributed by atoms with E-state index in [0.717, 1.165) is 17.2 Å². The van der Waals surface area contributed by atoms with Crippen LogP contribution in [0.4, 0.5) is 37.8 Å². The number of likely N-dealkylation sites (N-methyl/N-ethyl adjacent to an activating group) is 1. The fourth-order valence-electron chi connectivity index (χ4n) is 4.74. The minimum atomic E-state index is -4.84. The van der Waals surface area contributed by atoms with E-state index >= 15 is 0 Å². The number of amides is 3.